The predicted molar refractivity (Wildman–Crippen MR) is 138 cm³/mol. The van der Waals surface area contributed by atoms with Crippen LogP contribution in [0.15, 0.2) is 55.3 Å². The number of aromatic nitrogens is 2. The number of hydrogen-bond donors (Lipinski definition) is 0. The Morgan fingerprint density at radius 3 is 2.66 bits per heavy atom. The van der Waals surface area contributed by atoms with Gasteiger partial charge in [-0.25, -0.2) is 9.37 Å². The number of halogens is 1. The Morgan fingerprint density at radius 1 is 1.14 bits per heavy atom. The molecule has 182 valence electrons. The fourth-order valence-corrected chi connectivity index (χ4v) is 5.26. The average molecular weight is 473 g/mol. The van der Waals surface area contributed by atoms with E-state index in [1.165, 1.54) is 25.3 Å². The third-order valence-corrected chi connectivity index (χ3v) is 7.49. The first-order valence-electron chi connectivity index (χ1n) is 12.8. The Labute approximate surface area is 206 Å². The maximum atomic E-state index is 14.8. The van der Waals surface area contributed by atoms with E-state index in [1.807, 2.05) is 24.3 Å². The van der Waals surface area contributed by atoms with Crippen LogP contribution in [0.25, 0.3) is 22.2 Å². The van der Waals surface area contributed by atoms with Crippen LogP contribution in [-0.2, 0) is 11.3 Å². The summed E-state index contributed by atoms with van der Waals surface area (Å²) in [7, 11) is 0. The van der Waals surface area contributed by atoms with Crippen LogP contribution in [0.1, 0.15) is 50.5 Å². The summed E-state index contributed by atoms with van der Waals surface area (Å²) in [4.78, 5) is 7.27. The second-order valence-electron chi connectivity index (χ2n) is 9.84. The van der Waals surface area contributed by atoms with E-state index < -0.39 is 5.67 Å². The minimum Gasteiger partial charge on any atom is -0.376 e. The zero-order valence-electron chi connectivity index (χ0n) is 20.3. The summed E-state index contributed by atoms with van der Waals surface area (Å²) in [5.41, 5.74) is 3.33. The van der Waals surface area contributed by atoms with E-state index >= 15 is 0 Å². The van der Waals surface area contributed by atoms with E-state index in [1.54, 1.807) is 0 Å². The number of hydrogen-bond acceptors (Lipinski definition) is 4. The smallest absolute Gasteiger partial charge is 0.137 e. The predicted octanol–water partition coefficient (Wildman–Crippen LogP) is 6.42. The first kappa shape index (κ1) is 23.6. The van der Waals surface area contributed by atoms with Crippen LogP contribution in [0, 0.1) is 11.3 Å². The largest absolute Gasteiger partial charge is 0.376 e. The molecule has 2 aliphatic heterocycles. The summed E-state index contributed by atoms with van der Waals surface area (Å²) < 4.78 is 23.2. The highest BCUT2D eigenvalue weighted by Gasteiger charge is 2.33. The first-order valence-corrected chi connectivity index (χ1v) is 12.8. The molecule has 5 nitrogen and oxygen atoms in total. The quantitative estimate of drug-likeness (QED) is 0.402. The van der Waals surface area contributed by atoms with Crippen molar-refractivity contribution in [3.05, 3.63) is 60.8 Å². The van der Waals surface area contributed by atoms with E-state index in [0.29, 0.717) is 31.5 Å². The first-order chi connectivity index (χ1) is 17.1. The van der Waals surface area contributed by atoms with Crippen molar-refractivity contribution in [1.29, 1.82) is 5.26 Å². The van der Waals surface area contributed by atoms with E-state index in [0.717, 1.165) is 54.0 Å². The summed E-state index contributed by atoms with van der Waals surface area (Å²) >= 11 is 0. The molecule has 0 amide bonds. The van der Waals surface area contributed by atoms with Gasteiger partial charge in [-0.1, -0.05) is 44.1 Å². The van der Waals surface area contributed by atoms with Gasteiger partial charge in [-0.05, 0) is 42.7 Å². The Balaban J connectivity index is 1.51. The zero-order valence-corrected chi connectivity index (χ0v) is 20.3. The molecule has 1 unspecified atom stereocenters. The number of nitrogens with zero attached hydrogens (tertiary/aromatic N) is 4. The summed E-state index contributed by atoms with van der Waals surface area (Å²) in [6.07, 6.45) is 10.5. The minimum absolute atomic E-state index is 0.211. The summed E-state index contributed by atoms with van der Waals surface area (Å²) in [5, 5.41) is 9.24. The van der Waals surface area contributed by atoms with Gasteiger partial charge in [0, 0.05) is 50.8 Å². The van der Waals surface area contributed by atoms with Crippen LogP contribution in [-0.4, -0.2) is 41.0 Å². The fraction of sp³-hybridized carbons (Fsp3) is 0.448. The van der Waals surface area contributed by atoms with E-state index in [9.17, 15) is 9.65 Å². The molecule has 0 bridgehead atoms. The lowest BCUT2D eigenvalue weighted by atomic mass is 9.93. The third-order valence-electron chi connectivity index (χ3n) is 7.49. The lowest BCUT2D eigenvalue weighted by Crippen LogP contribution is -2.41. The lowest BCUT2D eigenvalue weighted by Gasteiger charge is -2.36. The van der Waals surface area contributed by atoms with Gasteiger partial charge in [-0.3, -0.25) is 0 Å². The molecule has 0 aliphatic carbocycles. The molecular formula is C29H33FN4O. The van der Waals surface area contributed by atoms with Crippen LogP contribution in [0.3, 0.4) is 0 Å². The maximum Gasteiger partial charge on any atom is 0.137 e. The van der Waals surface area contributed by atoms with Crippen molar-refractivity contribution in [3.63, 3.8) is 0 Å². The van der Waals surface area contributed by atoms with Gasteiger partial charge in [0.1, 0.15) is 11.5 Å². The molecule has 2 saturated heterocycles. The van der Waals surface area contributed by atoms with Crippen molar-refractivity contribution in [2.75, 3.05) is 24.6 Å². The number of benzene rings is 1. The van der Waals surface area contributed by atoms with Crippen molar-refractivity contribution in [2.45, 2.75) is 63.3 Å². The van der Waals surface area contributed by atoms with Gasteiger partial charge >= 0.3 is 0 Å². The number of allylic oxidation sites excluding steroid dienone is 1. The summed E-state index contributed by atoms with van der Waals surface area (Å²) in [5.74, 6) is 0.869. The maximum absolute atomic E-state index is 14.8. The number of anilines is 1. The highest BCUT2D eigenvalue weighted by atomic mass is 19.1. The molecule has 2 aliphatic rings. The molecule has 5 rings (SSSR count). The SMILES string of the molecule is C=CC1(F)CCN(c2nc3ccn(CC4CCCCCCO4)c3cc2-c2ccc(C#N)cc2)CC1. The number of ether oxygens (including phenoxy) is 1. The van der Waals surface area contributed by atoms with Crippen molar-refractivity contribution < 1.29 is 9.13 Å². The molecule has 2 fully saturated rings. The lowest BCUT2D eigenvalue weighted by molar-refractivity contribution is 0.0254. The Morgan fingerprint density at radius 2 is 1.91 bits per heavy atom. The van der Waals surface area contributed by atoms with Gasteiger partial charge in [0.05, 0.1) is 28.8 Å². The number of piperidine rings is 1. The van der Waals surface area contributed by atoms with Gasteiger partial charge in [0.15, 0.2) is 0 Å². The van der Waals surface area contributed by atoms with Gasteiger partial charge in [-0.15, -0.1) is 0 Å². The second-order valence-corrected chi connectivity index (χ2v) is 9.84. The molecule has 0 spiro atoms. The van der Waals surface area contributed by atoms with Crippen LogP contribution in [0.2, 0.25) is 0 Å². The van der Waals surface area contributed by atoms with Crippen LogP contribution in [0.5, 0.6) is 0 Å². The van der Waals surface area contributed by atoms with Crippen molar-refractivity contribution in [2.24, 2.45) is 0 Å². The molecule has 4 heterocycles. The Kier molecular flexibility index (Phi) is 6.88. The molecule has 1 atom stereocenters. The Hall–Kier alpha value is -3.17. The molecular weight excluding hydrogens is 439 g/mol. The normalized spacial score (nSPS) is 20.7. The van der Waals surface area contributed by atoms with Gasteiger partial charge in [0.2, 0.25) is 0 Å². The van der Waals surface area contributed by atoms with Gasteiger partial charge < -0.3 is 14.2 Å². The zero-order chi connectivity index (χ0) is 24.3. The fourth-order valence-electron chi connectivity index (χ4n) is 5.26. The van der Waals surface area contributed by atoms with E-state index in [4.69, 9.17) is 9.72 Å². The number of rotatable bonds is 5. The number of fused-ring (bicyclic) bond motifs is 1. The molecule has 0 N–H and O–H groups in total. The van der Waals surface area contributed by atoms with Crippen LogP contribution < -0.4 is 4.90 Å². The third kappa shape index (κ3) is 5.11. The standard InChI is InChI=1S/C29H33FN4O/c1-2-29(30)13-16-33(17-14-29)28-25(23-10-8-22(20-31)9-11-23)19-27-26(32-28)12-15-34(27)21-24-7-5-3-4-6-18-35-24/h2,8-12,15,19,24H,1,3-7,13-14,16-18,21H2. The molecule has 1 aromatic carbocycles. The monoisotopic (exact) mass is 472 g/mol. The number of nitriles is 1. The van der Waals surface area contributed by atoms with E-state index in [2.05, 4.69) is 40.4 Å². The van der Waals surface area contributed by atoms with Crippen molar-refractivity contribution in [3.8, 4) is 17.2 Å². The number of alkyl halides is 1. The Bertz CT molecular complexity index is 1210. The molecule has 0 saturated carbocycles. The molecule has 35 heavy (non-hydrogen) atoms. The molecule has 6 heteroatoms. The van der Waals surface area contributed by atoms with Crippen LogP contribution in [0.4, 0.5) is 10.2 Å². The van der Waals surface area contributed by atoms with Gasteiger partial charge in [-0.2, -0.15) is 5.26 Å². The van der Waals surface area contributed by atoms with E-state index in [-0.39, 0.29) is 6.10 Å². The highest BCUT2D eigenvalue weighted by molar-refractivity contribution is 5.88. The molecule has 0 radical (unpaired) electrons. The van der Waals surface area contributed by atoms with Crippen molar-refractivity contribution in [1.82, 2.24) is 9.55 Å². The minimum atomic E-state index is -1.31. The number of pyridine rings is 1. The summed E-state index contributed by atoms with van der Waals surface area (Å²) in [6.45, 7) is 6.50. The second kappa shape index (κ2) is 10.2. The van der Waals surface area contributed by atoms with Crippen molar-refractivity contribution >= 4 is 16.9 Å². The molecule has 3 aromatic rings. The topological polar surface area (TPSA) is 54.1 Å². The van der Waals surface area contributed by atoms with Crippen LogP contribution >= 0.6 is 0 Å². The molecule has 2 aromatic heterocycles. The summed E-state index contributed by atoms with van der Waals surface area (Å²) in [6, 6.07) is 14.1. The average Bonchev–Trinajstić information content (AvgIpc) is 3.27. The highest BCUT2D eigenvalue weighted by Crippen LogP contribution is 2.37. The van der Waals surface area contributed by atoms with Gasteiger partial charge in [0.25, 0.3) is 0 Å².